The fraction of sp³-hybridized carbons (Fsp3) is 0.368. The maximum Gasteiger partial charge on any atom is 0.257 e. The van der Waals surface area contributed by atoms with Crippen molar-refractivity contribution < 1.29 is 14.4 Å². The molecule has 8 heteroatoms. The lowest BCUT2D eigenvalue weighted by atomic mass is 9.81. The molecular formula is C19H21N5O3. The first-order chi connectivity index (χ1) is 13.0. The van der Waals surface area contributed by atoms with Crippen LogP contribution < -0.4 is 10.6 Å². The lowest BCUT2D eigenvalue weighted by Gasteiger charge is -2.24. The Balaban J connectivity index is 1.65. The molecule has 27 heavy (non-hydrogen) atoms. The minimum atomic E-state index is -0.817. The van der Waals surface area contributed by atoms with Crippen LogP contribution >= 0.6 is 0 Å². The topological polar surface area (TPSA) is 102 Å². The van der Waals surface area contributed by atoms with Crippen molar-refractivity contribution in [1.82, 2.24) is 14.7 Å². The average molecular weight is 367 g/mol. The van der Waals surface area contributed by atoms with Gasteiger partial charge in [-0.1, -0.05) is 18.2 Å². The molecule has 1 atom stereocenters. The Hall–Kier alpha value is -3.16. The van der Waals surface area contributed by atoms with Gasteiger partial charge in [0, 0.05) is 31.5 Å². The molecule has 3 amide bonds. The first-order valence-corrected chi connectivity index (χ1v) is 8.98. The molecule has 1 aromatic heterocycles. The summed E-state index contributed by atoms with van der Waals surface area (Å²) in [4.78, 5) is 40.7. The van der Waals surface area contributed by atoms with Crippen LogP contribution in [0, 0.1) is 0 Å². The summed E-state index contributed by atoms with van der Waals surface area (Å²) >= 11 is 0. The first kappa shape index (κ1) is 17.3. The normalized spacial score (nSPS) is 21.1. The molecular weight excluding hydrogens is 346 g/mol. The van der Waals surface area contributed by atoms with Crippen molar-refractivity contribution in [2.45, 2.75) is 25.3 Å². The second-order valence-corrected chi connectivity index (χ2v) is 7.02. The quantitative estimate of drug-likeness (QED) is 0.851. The Labute approximate surface area is 156 Å². The van der Waals surface area contributed by atoms with Gasteiger partial charge in [0.1, 0.15) is 6.54 Å². The van der Waals surface area contributed by atoms with Crippen LogP contribution in [0.25, 0.3) is 0 Å². The number of benzene rings is 1. The predicted molar refractivity (Wildman–Crippen MR) is 98.1 cm³/mol. The molecule has 2 aliphatic rings. The second-order valence-electron chi connectivity index (χ2n) is 7.02. The van der Waals surface area contributed by atoms with E-state index in [9.17, 15) is 14.4 Å². The predicted octanol–water partition coefficient (Wildman–Crippen LogP) is 0.519. The summed E-state index contributed by atoms with van der Waals surface area (Å²) in [5.74, 6) is -0.861. The van der Waals surface area contributed by atoms with Gasteiger partial charge in [-0.2, -0.15) is 5.10 Å². The van der Waals surface area contributed by atoms with Gasteiger partial charge in [-0.3, -0.25) is 19.1 Å². The lowest BCUT2D eigenvalue weighted by Crippen LogP contribution is -2.45. The van der Waals surface area contributed by atoms with Gasteiger partial charge in [-0.15, -0.1) is 0 Å². The Morgan fingerprint density at radius 3 is 2.78 bits per heavy atom. The number of rotatable bonds is 4. The number of aromatic nitrogens is 2. The zero-order valence-electron chi connectivity index (χ0n) is 15.1. The fourth-order valence-electron chi connectivity index (χ4n) is 4.12. The number of fused-ring (bicyclic) bond motifs is 2. The second kappa shape index (κ2) is 6.22. The number of nitrogens with zero attached hydrogens (tertiary/aromatic N) is 4. The molecule has 4 rings (SSSR count). The largest absolute Gasteiger partial charge is 0.368 e. The van der Waals surface area contributed by atoms with Crippen LogP contribution in [0.2, 0.25) is 0 Å². The van der Waals surface area contributed by atoms with E-state index < -0.39 is 11.3 Å². The minimum absolute atomic E-state index is 0.134. The van der Waals surface area contributed by atoms with Crippen molar-refractivity contribution in [3.8, 4) is 0 Å². The maximum atomic E-state index is 13.2. The van der Waals surface area contributed by atoms with Crippen LogP contribution in [0.4, 0.5) is 5.69 Å². The SMILES string of the molecule is CCn1cc(C(=O)N2CC[C@@]3(C2)C(=O)N(CC(N)=O)c2ccccc23)cn1. The number of carbonyl (C=O) groups is 3. The molecule has 2 aliphatic heterocycles. The summed E-state index contributed by atoms with van der Waals surface area (Å²) in [6, 6.07) is 7.42. The molecule has 3 heterocycles. The third-order valence-corrected chi connectivity index (χ3v) is 5.44. The summed E-state index contributed by atoms with van der Waals surface area (Å²) in [6.45, 7) is 3.24. The van der Waals surface area contributed by atoms with E-state index >= 15 is 0 Å². The smallest absolute Gasteiger partial charge is 0.257 e. The summed E-state index contributed by atoms with van der Waals surface area (Å²) < 4.78 is 1.70. The number of nitrogens with two attached hydrogens (primary N) is 1. The summed E-state index contributed by atoms with van der Waals surface area (Å²) in [5, 5.41) is 4.15. The van der Waals surface area contributed by atoms with Crippen molar-refractivity contribution in [3.63, 3.8) is 0 Å². The van der Waals surface area contributed by atoms with Gasteiger partial charge in [-0.25, -0.2) is 0 Å². The Bertz CT molecular complexity index is 937. The first-order valence-electron chi connectivity index (χ1n) is 8.98. The molecule has 0 aliphatic carbocycles. The van der Waals surface area contributed by atoms with Crippen LogP contribution in [-0.2, 0) is 21.5 Å². The van der Waals surface area contributed by atoms with Gasteiger partial charge < -0.3 is 15.5 Å². The molecule has 1 aromatic carbocycles. The number of amides is 3. The highest BCUT2D eigenvalue weighted by molar-refractivity contribution is 6.11. The molecule has 0 bridgehead atoms. The standard InChI is InChI=1S/C19H21N5O3/c1-2-23-10-13(9-21-23)17(26)22-8-7-19(12-22)14-5-3-4-6-15(14)24(18(19)27)11-16(20)25/h3-6,9-10H,2,7-8,11-12H2,1H3,(H2,20,25)/t19-/m0/s1. The summed E-state index contributed by atoms with van der Waals surface area (Å²) in [7, 11) is 0. The molecule has 1 spiro atoms. The van der Waals surface area contributed by atoms with Gasteiger partial charge in [0.15, 0.2) is 0 Å². The summed E-state index contributed by atoms with van der Waals surface area (Å²) in [6.07, 6.45) is 3.80. The fourth-order valence-corrected chi connectivity index (χ4v) is 4.12. The van der Waals surface area contributed by atoms with Crippen molar-refractivity contribution >= 4 is 23.4 Å². The minimum Gasteiger partial charge on any atom is -0.368 e. The highest BCUT2D eigenvalue weighted by Gasteiger charge is 2.55. The van der Waals surface area contributed by atoms with E-state index in [4.69, 9.17) is 5.73 Å². The lowest BCUT2D eigenvalue weighted by molar-refractivity contribution is -0.125. The van der Waals surface area contributed by atoms with Crippen LogP contribution in [0.3, 0.4) is 0 Å². The van der Waals surface area contributed by atoms with Gasteiger partial charge in [0.05, 0.1) is 17.2 Å². The third kappa shape index (κ3) is 2.59. The number of anilines is 1. The highest BCUT2D eigenvalue weighted by atomic mass is 16.2. The van der Waals surface area contributed by atoms with E-state index in [2.05, 4.69) is 5.10 Å². The van der Waals surface area contributed by atoms with E-state index in [0.29, 0.717) is 30.8 Å². The Kier molecular flexibility index (Phi) is 3.98. The highest BCUT2D eigenvalue weighted by Crippen LogP contribution is 2.47. The zero-order chi connectivity index (χ0) is 19.2. The third-order valence-electron chi connectivity index (χ3n) is 5.44. The van der Waals surface area contributed by atoms with E-state index in [1.165, 1.54) is 4.90 Å². The number of carbonyl (C=O) groups excluding carboxylic acids is 3. The van der Waals surface area contributed by atoms with Crippen molar-refractivity contribution in [1.29, 1.82) is 0 Å². The van der Waals surface area contributed by atoms with Crippen LogP contribution in [0.5, 0.6) is 0 Å². The molecule has 1 fully saturated rings. The Morgan fingerprint density at radius 2 is 2.07 bits per heavy atom. The number of hydrogen-bond acceptors (Lipinski definition) is 4. The molecule has 0 radical (unpaired) electrons. The maximum absolute atomic E-state index is 13.2. The van der Waals surface area contributed by atoms with E-state index in [1.807, 2.05) is 31.2 Å². The average Bonchev–Trinajstić information content (AvgIpc) is 3.37. The molecule has 1 saturated heterocycles. The number of primary amides is 1. The molecule has 2 N–H and O–H groups in total. The van der Waals surface area contributed by atoms with Gasteiger partial charge in [0.2, 0.25) is 11.8 Å². The van der Waals surface area contributed by atoms with Crippen molar-refractivity contribution in [2.75, 3.05) is 24.5 Å². The van der Waals surface area contributed by atoms with Gasteiger partial charge in [-0.05, 0) is 25.0 Å². The number of aryl methyl sites for hydroxylation is 1. The molecule has 2 aromatic rings. The van der Waals surface area contributed by atoms with Crippen molar-refractivity contribution in [3.05, 3.63) is 47.8 Å². The molecule has 0 unspecified atom stereocenters. The van der Waals surface area contributed by atoms with Crippen LogP contribution in [0.1, 0.15) is 29.3 Å². The van der Waals surface area contributed by atoms with Gasteiger partial charge >= 0.3 is 0 Å². The number of hydrogen-bond donors (Lipinski definition) is 1. The molecule has 8 nitrogen and oxygen atoms in total. The zero-order valence-corrected chi connectivity index (χ0v) is 15.1. The monoisotopic (exact) mass is 367 g/mol. The Morgan fingerprint density at radius 1 is 1.30 bits per heavy atom. The van der Waals surface area contributed by atoms with Crippen LogP contribution in [-0.4, -0.2) is 52.0 Å². The molecule has 0 saturated carbocycles. The van der Waals surface area contributed by atoms with Crippen molar-refractivity contribution in [2.24, 2.45) is 5.73 Å². The number of para-hydroxylation sites is 1. The van der Waals surface area contributed by atoms with Crippen LogP contribution in [0.15, 0.2) is 36.7 Å². The summed E-state index contributed by atoms with van der Waals surface area (Å²) in [5.41, 5.74) is 6.60. The van der Waals surface area contributed by atoms with E-state index in [-0.39, 0.29) is 24.9 Å². The van der Waals surface area contributed by atoms with Gasteiger partial charge in [0.25, 0.3) is 5.91 Å². The molecule has 140 valence electrons. The van der Waals surface area contributed by atoms with E-state index in [1.54, 1.807) is 22.0 Å². The van der Waals surface area contributed by atoms with E-state index in [0.717, 1.165) is 5.56 Å². The number of likely N-dealkylation sites (tertiary alicyclic amines) is 1.